The molecule has 1 aliphatic rings. The number of amides is 2. The van der Waals surface area contributed by atoms with E-state index in [9.17, 15) is 9.59 Å². The molecule has 7 heteroatoms. The number of hydrazine groups is 1. The van der Waals surface area contributed by atoms with Crippen LogP contribution >= 0.6 is 15.9 Å². The molecule has 168 valence electrons. The van der Waals surface area contributed by atoms with Crippen molar-refractivity contribution in [2.24, 2.45) is 0 Å². The average molecular weight is 506 g/mol. The van der Waals surface area contributed by atoms with Gasteiger partial charge >= 0.3 is 0 Å². The number of hydrogen-bond donors (Lipinski definition) is 2. The summed E-state index contributed by atoms with van der Waals surface area (Å²) in [5.74, 6) is 0.164. The number of para-hydroxylation sites is 2. The number of methoxy groups -OCH3 is 1. The van der Waals surface area contributed by atoms with E-state index in [-0.39, 0.29) is 30.7 Å². The number of benzene rings is 3. The number of anilines is 1. The van der Waals surface area contributed by atoms with Crippen LogP contribution < -0.4 is 15.5 Å². The van der Waals surface area contributed by atoms with Gasteiger partial charge in [-0.25, -0.2) is 5.01 Å². The van der Waals surface area contributed by atoms with Crippen LogP contribution in [0.1, 0.15) is 30.0 Å². The zero-order valence-corrected chi connectivity index (χ0v) is 19.7. The highest BCUT2D eigenvalue weighted by atomic mass is 79.9. The number of ether oxygens (including phenoxy) is 1. The summed E-state index contributed by atoms with van der Waals surface area (Å²) >= 11 is 3.45. The van der Waals surface area contributed by atoms with Crippen molar-refractivity contribution < 1.29 is 14.3 Å². The fourth-order valence-corrected chi connectivity index (χ4v) is 3.94. The molecule has 1 atom stereocenters. The van der Waals surface area contributed by atoms with Crippen molar-refractivity contribution >= 4 is 39.1 Å². The third kappa shape index (κ3) is 5.43. The molecule has 0 saturated carbocycles. The molecule has 33 heavy (non-hydrogen) atoms. The van der Waals surface area contributed by atoms with E-state index in [0.29, 0.717) is 11.4 Å². The Kier molecular flexibility index (Phi) is 7.10. The molecule has 0 aliphatic carbocycles. The SMILES string of the molecule is COc1ccccc1NC(=O)CCC(=O)N1NC(c2ccc(Br)cc2)=CC1c1ccccc1. The summed E-state index contributed by atoms with van der Waals surface area (Å²) in [6.45, 7) is 0. The van der Waals surface area contributed by atoms with Crippen LogP contribution in [0.25, 0.3) is 5.70 Å². The Morgan fingerprint density at radius 3 is 2.39 bits per heavy atom. The van der Waals surface area contributed by atoms with Gasteiger partial charge in [-0.3, -0.25) is 15.0 Å². The Labute approximate surface area is 201 Å². The van der Waals surface area contributed by atoms with Crippen molar-refractivity contribution in [1.29, 1.82) is 0 Å². The van der Waals surface area contributed by atoms with E-state index < -0.39 is 0 Å². The maximum atomic E-state index is 13.2. The second-order valence-electron chi connectivity index (χ2n) is 7.57. The van der Waals surface area contributed by atoms with Crippen LogP contribution in [0, 0.1) is 0 Å². The second-order valence-corrected chi connectivity index (χ2v) is 8.48. The quantitative estimate of drug-likeness (QED) is 0.456. The summed E-state index contributed by atoms with van der Waals surface area (Å²) in [6, 6.07) is 24.6. The minimum Gasteiger partial charge on any atom is -0.495 e. The Morgan fingerprint density at radius 1 is 0.970 bits per heavy atom. The maximum Gasteiger partial charge on any atom is 0.242 e. The van der Waals surface area contributed by atoms with Gasteiger partial charge in [-0.1, -0.05) is 70.5 Å². The zero-order chi connectivity index (χ0) is 23.2. The number of carbonyl (C=O) groups excluding carboxylic acids is 2. The van der Waals surface area contributed by atoms with E-state index in [1.165, 1.54) is 0 Å². The van der Waals surface area contributed by atoms with Crippen LogP contribution in [0.4, 0.5) is 5.69 Å². The van der Waals surface area contributed by atoms with Crippen LogP contribution in [0.15, 0.2) is 89.4 Å². The lowest BCUT2D eigenvalue weighted by Crippen LogP contribution is -2.39. The first-order chi connectivity index (χ1) is 16.0. The van der Waals surface area contributed by atoms with Crippen LogP contribution in [0.3, 0.4) is 0 Å². The summed E-state index contributed by atoms with van der Waals surface area (Å²) < 4.78 is 6.25. The third-order valence-electron chi connectivity index (χ3n) is 5.36. The van der Waals surface area contributed by atoms with E-state index in [0.717, 1.165) is 21.3 Å². The van der Waals surface area contributed by atoms with Gasteiger partial charge in [-0.2, -0.15) is 0 Å². The molecule has 0 bridgehead atoms. The topological polar surface area (TPSA) is 70.7 Å². The fraction of sp³-hybridized carbons (Fsp3) is 0.154. The van der Waals surface area contributed by atoms with Crippen molar-refractivity contribution in [1.82, 2.24) is 10.4 Å². The lowest BCUT2D eigenvalue weighted by Gasteiger charge is -2.25. The monoisotopic (exact) mass is 505 g/mol. The van der Waals surface area contributed by atoms with Crippen molar-refractivity contribution in [2.45, 2.75) is 18.9 Å². The van der Waals surface area contributed by atoms with Gasteiger partial charge in [0.25, 0.3) is 0 Å². The number of rotatable bonds is 7. The largest absolute Gasteiger partial charge is 0.495 e. The van der Waals surface area contributed by atoms with Crippen LogP contribution in [-0.2, 0) is 9.59 Å². The van der Waals surface area contributed by atoms with Crippen LogP contribution in [0.2, 0.25) is 0 Å². The predicted molar refractivity (Wildman–Crippen MR) is 132 cm³/mol. The van der Waals surface area contributed by atoms with Crippen LogP contribution in [0.5, 0.6) is 5.75 Å². The van der Waals surface area contributed by atoms with Gasteiger partial charge < -0.3 is 10.1 Å². The summed E-state index contributed by atoms with van der Waals surface area (Å²) in [5.41, 5.74) is 6.64. The summed E-state index contributed by atoms with van der Waals surface area (Å²) in [7, 11) is 1.55. The first-order valence-electron chi connectivity index (χ1n) is 10.6. The average Bonchev–Trinajstić information content (AvgIpc) is 3.29. The highest BCUT2D eigenvalue weighted by molar-refractivity contribution is 9.10. The highest BCUT2D eigenvalue weighted by Gasteiger charge is 2.30. The van der Waals surface area contributed by atoms with Crippen LogP contribution in [-0.4, -0.2) is 23.9 Å². The van der Waals surface area contributed by atoms with E-state index in [1.807, 2.05) is 72.8 Å². The normalized spacial score (nSPS) is 14.9. The van der Waals surface area contributed by atoms with E-state index >= 15 is 0 Å². The molecule has 0 saturated heterocycles. The molecule has 0 spiro atoms. The zero-order valence-electron chi connectivity index (χ0n) is 18.1. The number of hydrogen-bond acceptors (Lipinski definition) is 4. The predicted octanol–water partition coefficient (Wildman–Crippen LogP) is 5.31. The van der Waals surface area contributed by atoms with E-state index in [1.54, 1.807) is 24.3 Å². The molecular weight excluding hydrogens is 482 g/mol. The van der Waals surface area contributed by atoms with Gasteiger partial charge in [0.15, 0.2) is 0 Å². The van der Waals surface area contributed by atoms with Crippen molar-refractivity contribution in [3.63, 3.8) is 0 Å². The highest BCUT2D eigenvalue weighted by Crippen LogP contribution is 2.32. The number of nitrogens with one attached hydrogen (secondary N) is 2. The molecule has 1 heterocycles. The molecule has 2 N–H and O–H groups in total. The molecule has 2 amide bonds. The smallest absolute Gasteiger partial charge is 0.242 e. The number of carbonyl (C=O) groups is 2. The second kappa shape index (κ2) is 10.4. The van der Waals surface area contributed by atoms with Crippen molar-refractivity contribution in [2.75, 3.05) is 12.4 Å². The van der Waals surface area contributed by atoms with E-state index in [2.05, 4.69) is 26.7 Å². The first-order valence-corrected chi connectivity index (χ1v) is 11.4. The number of halogens is 1. The maximum absolute atomic E-state index is 13.2. The van der Waals surface area contributed by atoms with Crippen molar-refractivity contribution in [3.8, 4) is 5.75 Å². The Hall–Kier alpha value is -3.58. The lowest BCUT2D eigenvalue weighted by molar-refractivity contribution is -0.135. The number of nitrogens with zero attached hydrogens (tertiary/aromatic N) is 1. The summed E-state index contributed by atoms with van der Waals surface area (Å²) in [4.78, 5) is 25.7. The lowest BCUT2D eigenvalue weighted by atomic mass is 10.0. The molecule has 1 aliphatic heterocycles. The molecule has 0 aromatic heterocycles. The molecule has 3 aromatic rings. The molecule has 1 unspecified atom stereocenters. The molecular formula is C26H24BrN3O3. The van der Waals surface area contributed by atoms with Gasteiger partial charge in [-0.05, 0) is 41.5 Å². The molecule has 6 nitrogen and oxygen atoms in total. The Morgan fingerprint density at radius 2 is 1.67 bits per heavy atom. The molecule has 0 radical (unpaired) electrons. The molecule has 3 aromatic carbocycles. The third-order valence-corrected chi connectivity index (χ3v) is 5.88. The Balaban J connectivity index is 1.46. The Bertz CT molecular complexity index is 1160. The first kappa shape index (κ1) is 22.6. The summed E-state index contributed by atoms with van der Waals surface area (Å²) in [5, 5.41) is 4.42. The fourth-order valence-electron chi connectivity index (χ4n) is 3.67. The van der Waals surface area contributed by atoms with Gasteiger partial charge in [0.05, 0.1) is 24.5 Å². The minimum atomic E-state index is -0.269. The van der Waals surface area contributed by atoms with Gasteiger partial charge in [0, 0.05) is 17.3 Å². The van der Waals surface area contributed by atoms with Gasteiger partial charge in [0.1, 0.15) is 5.75 Å². The minimum absolute atomic E-state index is 0.0597. The van der Waals surface area contributed by atoms with E-state index in [4.69, 9.17) is 4.74 Å². The molecule has 0 fully saturated rings. The standard InChI is InChI=1S/C26H24BrN3O3/c1-33-24-10-6-5-9-21(24)28-25(31)15-16-26(32)30-23(19-7-3-2-4-8-19)17-22(29-30)18-11-13-20(27)14-12-18/h2-14,17,23,29H,15-16H2,1H3,(H,28,31). The van der Waals surface area contributed by atoms with Gasteiger partial charge in [-0.15, -0.1) is 0 Å². The molecule has 4 rings (SSSR count). The summed E-state index contributed by atoms with van der Waals surface area (Å²) in [6.07, 6.45) is 2.16. The van der Waals surface area contributed by atoms with Gasteiger partial charge in [0.2, 0.25) is 11.8 Å². The van der Waals surface area contributed by atoms with Crippen molar-refractivity contribution in [3.05, 3.63) is 101 Å².